The van der Waals surface area contributed by atoms with Crippen LogP contribution in [0.1, 0.15) is 51.5 Å². The van der Waals surface area contributed by atoms with Gasteiger partial charge >= 0.3 is 5.91 Å². The van der Waals surface area contributed by atoms with Crippen LogP contribution < -0.4 is 32.6 Å². The quantitative estimate of drug-likeness (QED) is 0.0346. The molecule has 2 rings (SSSR count). The van der Waals surface area contributed by atoms with E-state index in [1.165, 1.54) is 29.8 Å². The average molecular weight is 566 g/mol. The summed E-state index contributed by atoms with van der Waals surface area (Å²) in [7, 11) is -4.36. The lowest BCUT2D eigenvalue weighted by Crippen LogP contribution is -2.99. The highest BCUT2D eigenvalue weighted by Gasteiger charge is 2.20. The third kappa shape index (κ3) is 11.9. The van der Waals surface area contributed by atoms with Gasteiger partial charge in [-0.25, -0.2) is 4.79 Å². The second-order valence-corrected chi connectivity index (χ2v) is 10.9. The number of carbonyl (C=O) groups excluding carboxylic acids is 3. The zero-order valence-corrected chi connectivity index (χ0v) is 23.0. The highest BCUT2D eigenvalue weighted by molar-refractivity contribution is 7.86. The van der Waals surface area contributed by atoms with Crippen molar-refractivity contribution < 1.29 is 38.2 Å². The third-order valence-corrected chi connectivity index (χ3v) is 6.62. The molecule has 1 aromatic rings. The van der Waals surface area contributed by atoms with Gasteiger partial charge in [0.15, 0.2) is 0 Å². The largest absolute Gasteiger partial charge is 0.352 e. The summed E-state index contributed by atoms with van der Waals surface area (Å²) in [6.07, 6.45) is 7.59. The Bertz CT molecular complexity index is 1210. The molecule has 39 heavy (non-hydrogen) atoms. The minimum absolute atomic E-state index is 0.202. The molecule has 1 heterocycles. The van der Waals surface area contributed by atoms with E-state index in [-0.39, 0.29) is 34.6 Å². The van der Waals surface area contributed by atoms with Crippen molar-refractivity contribution in [2.45, 2.75) is 56.9 Å². The van der Waals surface area contributed by atoms with Gasteiger partial charge in [0.05, 0.1) is 12.8 Å². The molecular weight excluding hydrogens is 526 g/mol. The Kier molecular flexibility index (Phi) is 12.9. The van der Waals surface area contributed by atoms with Crippen molar-refractivity contribution >= 4 is 34.1 Å². The molecule has 1 aromatic carbocycles. The maximum Gasteiger partial charge on any atom is 0.351 e. The molecule has 0 aromatic heterocycles. The van der Waals surface area contributed by atoms with E-state index in [4.69, 9.17) is 5.73 Å². The Hall–Kier alpha value is -3.43. The standard InChI is InChI=1S/C25H37N7O6S/c1-17(2)14-20(26)25(35)32-31-23(33)10-4-3-7-13-27-24(34)19-11-12-22(28-15-19)30-29-16-18-8-5-6-9-21(18)39(36,37)38/h5-6,8-9,11-12,16-17,20,28,30H,3-4,7,10,13-15,26H2,1-2H3,(H,27,34)(H,31,33)(H,32,35)(H,36,37,38)/p+2/b29-16+/t20-/m1/s1. The van der Waals surface area contributed by atoms with Gasteiger partial charge in [-0.05, 0) is 37.3 Å². The van der Waals surface area contributed by atoms with Crippen molar-refractivity contribution in [2.75, 3.05) is 13.1 Å². The summed E-state index contributed by atoms with van der Waals surface area (Å²) in [5.41, 5.74) is 11.7. The monoisotopic (exact) mass is 565 g/mol. The maximum absolute atomic E-state index is 12.4. The summed E-state index contributed by atoms with van der Waals surface area (Å²) in [5.74, 6) is 0.192. The number of amides is 3. The Morgan fingerprint density at radius 1 is 1.18 bits per heavy atom. The number of carbonyl (C=O) groups is 3. The molecule has 0 fully saturated rings. The highest BCUT2D eigenvalue weighted by atomic mass is 32.2. The lowest BCUT2D eigenvalue weighted by Gasteiger charge is -2.13. The molecule has 14 heteroatoms. The highest BCUT2D eigenvalue weighted by Crippen LogP contribution is 2.12. The molecule has 0 saturated heterocycles. The lowest BCUT2D eigenvalue weighted by atomic mass is 10.0. The Morgan fingerprint density at radius 2 is 1.92 bits per heavy atom. The minimum atomic E-state index is -4.36. The Balaban J connectivity index is 1.65. The van der Waals surface area contributed by atoms with Gasteiger partial charge in [0.25, 0.3) is 16.0 Å². The van der Waals surface area contributed by atoms with Crippen LogP contribution >= 0.6 is 0 Å². The molecule has 0 aliphatic carbocycles. The zero-order chi connectivity index (χ0) is 28.8. The van der Waals surface area contributed by atoms with Gasteiger partial charge in [0, 0.05) is 30.2 Å². The van der Waals surface area contributed by atoms with Gasteiger partial charge in [-0.1, -0.05) is 43.6 Å². The second kappa shape index (κ2) is 15.9. The first kappa shape index (κ1) is 31.8. The summed E-state index contributed by atoms with van der Waals surface area (Å²) < 4.78 is 32.2. The van der Waals surface area contributed by atoms with Crippen LogP contribution in [-0.4, -0.2) is 56.0 Å². The molecule has 3 amide bonds. The zero-order valence-electron chi connectivity index (χ0n) is 22.2. The number of benzene rings is 1. The number of dihydropyridines is 1. The number of unbranched alkanes of at least 4 members (excludes halogenated alkanes) is 2. The van der Waals surface area contributed by atoms with E-state index in [2.05, 4.69) is 21.2 Å². The molecule has 0 unspecified atom stereocenters. The molecular formula is C25H39N7O6S+2. The van der Waals surface area contributed by atoms with Gasteiger partial charge in [0.1, 0.15) is 10.9 Å². The van der Waals surface area contributed by atoms with Gasteiger partial charge in [-0.2, -0.15) is 24.7 Å². The third-order valence-electron chi connectivity index (χ3n) is 5.70. The SMILES string of the molecule is CC(C)C[C@@H](N)C(=O)[NH2+]NC(=O)CCCCCNC(=O)C1=CC=C([NH2+]/N=C/c2ccccc2S(=O)(=O)O)NC1. The lowest BCUT2D eigenvalue weighted by molar-refractivity contribution is -0.617. The second-order valence-electron chi connectivity index (χ2n) is 9.50. The molecule has 0 bridgehead atoms. The number of allylic oxidation sites excluding steroid dienone is 2. The summed E-state index contributed by atoms with van der Waals surface area (Å²) >= 11 is 0. The van der Waals surface area contributed by atoms with Crippen LogP contribution in [0.4, 0.5) is 0 Å². The fourth-order valence-corrected chi connectivity index (χ4v) is 4.30. The van der Waals surface area contributed by atoms with Gasteiger partial charge < -0.3 is 16.4 Å². The number of primary amides is 1. The van der Waals surface area contributed by atoms with E-state index in [1.54, 1.807) is 18.2 Å². The Labute approximate surface area is 228 Å². The van der Waals surface area contributed by atoms with Gasteiger partial charge in [-0.15, -0.1) is 0 Å². The van der Waals surface area contributed by atoms with E-state index in [1.807, 2.05) is 13.8 Å². The first-order valence-electron chi connectivity index (χ1n) is 12.7. The number of quaternary nitrogens is 2. The van der Waals surface area contributed by atoms with Crippen molar-refractivity contribution in [1.29, 1.82) is 0 Å². The minimum Gasteiger partial charge on any atom is -0.352 e. The number of nitrogens with two attached hydrogens (primary N) is 3. The van der Waals surface area contributed by atoms with Crippen LogP contribution in [0.5, 0.6) is 0 Å². The molecule has 0 spiro atoms. The van der Waals surface area contributed by atoms with Gasteiger partial charge in [0.2, 0.25) is 11.7 Å². The van der Waals surface area contributed by atoms with Crippen LogP contribution in [0.25, 0.3) is 0 Å². The molecule has 0 radical (unpaired) electrons. The van der Waals surface area contributed by atoms with E-state index in [0.29, 0.717) is 49.7 Å². The van der Waals surface area contributed by atoms with Crippen molar-refractivity contribution in [2.24, 2.45) is 16.8 Å². The van der Waals surface area contributed by atoms with Crippen LogP contribution in [0.3, 0.4) is 0 Å². The molecule has 214 valence electrons. The molecule has 1 aliphatic heterocycles. The summed E-state index contributed by atoms with van der Waals surface area (Å²) in [6.45, 7) is 4.71. The van der Waals surface area contributed by atoms with Crippen LogP contribution in [0.2, 0.25) is 0 Å². The van der Waals surface area contributed by atoms with Crippen LogP contribution in [0, 0.1) is 5.92 Å². The summed E-state index contributed by atoms with van der Waals surface area (Å²) in [5, 5.41) is 10.0. The van der Waals surface area contributed by atoms with Gasteiger partial charge in [-0.3, -0.25) is 14.1 Å². The first-order valence-corrected chi connectivity index (χ1v) is 14.2. The fraction of sp³-hybridized carbons (Fsp3) is 0.440. The predicted molar refractivity (Wildman–Crippen MR) is 144 cm³/mol. The van der Waals surface area contributed by atoms with E-state index < -0.39 is 16.2 Å². The number of nitrogens with zero attached hydrogens (tertiary/aromatic N) is 1. The average Bonchev–Trinajstić information content (AvgIpc) is 2.88. The topological polar surface area (TPSA) is 213 Å². The number of rotatable bonds is 14. The molecule has 1 atom stereocenters. The van der Waals surface area contributed by atoms with Crippen molar-refractivity contribution in [3.8, 4) is 0 Å². The number of nitrogens with one attached hydrogen (secondary N) is 3. The van der Waals surface area contributed by atoms with Crippen LogP contribution in [0.15, 0.2) is 57.8 Å². The normalized spacial score (nSPS) is 14.4. The maximum atomic E-state index is 12.4. The van der Waals surface area contributed by atoms with Crippen LogP contribution in [-0.2, 0) is 24.5 Å². The summed E-state index contributed by atoms with van der Waals surface area (Å²) in [4.78, 5) is 35.9. The smallest absolute Gasteiger partial charge is 0.351 e. The predicted octanol–water partition coefficient (Wildman–Crippen LogP) is -1.63. The van der Waals surface area contributed by atoms with E-state index >= 15 is 0 Å². The van der Waals surface area contributed by atoms with E-state index in [0.717, 1.165) is 11.8 Å². The van der Waals surface area contributed by atoms with E-state index in [9.17, 15) is 27.4 Å². The van der Waals surface area contributed by atoms with Crippen molar-refractivity contribution in [1.82, 2.24) is 16.1 Å². The fourth-order valence-electron chi connectivity index (χ4n) is 3.63. The molecule has 1 aliphatic rings. The van der Waals surface area contributed by atoms with Crippen molar-refractivity contribution in [3.05, 3.63) is 53.4 Å². The Morgan fingerprint density at radius 3 is 2.59 bits per heavy atom. The molecule has 10 N–H and O–H groups in total. The van der Waals surface area contributed by atoms with Crippen molar-refractivity contribution in [3.63, 3.8) is 0 Å². The number of hydrogen-bond acceptors (Lipinski definition) is 8. The first-order chi connectivity index (χ1) is 18.5. The summed E-state index contributed by atoms with van der Waals surface area (Å²) in [6, 6.07) is 5.33. The molecule has 13 nitrogen and oxygen atoms in total. The molecule has 0 saturated carbocycles. The number of hydrogen-bond donors (Lipinski definition) is 7.